The lowest BCUT2D eigenvalue weighted by Crippen LogP contribution is -2.42. The van der Waals surface area contributed by atoms with Crippen LogP contribution < -0.4 is 10.1 Å². The fourth-order valence-corrected chi connectivity index (χ4v) is 3.29. The van der Waals surface area contributed by atoms with Crippen molar-refractivity contribution in [3.63, 3.8) is 0 Å². The highest BCUT2D eigenvalue weighted by Crippen LogP contribution is 2.26. The van der Waals surface area contributed by atoms with Crippen LogP contribution in [0.5, 0.6) is 5.75 Å². The molecule has 2 rings (SSSR count). The fourth-order valence-electron chi connectivity index (χ4n) is 3.29. The van der Waals surface area contributed by atoms with Crippen LogP contribution in [-0.2, 0) is 0 Å². The molecule has 1 fully saturated rings. The molecular weight excluding hydrogens is 274 g/mol. The summed E-state index contributed by atoms with van der Waals surface area (Å²) in [5.41, 5.74) is 3.52. The Labute approximate surface area is 135 Å². The van der Waals surface area contributed by atoms with E-state index in [0.29, 0.717) is 25.1 Å². The number of aliphatic hydroxyl groups excluding tert-OH is 1. The number of aliphatic hydroxyl groups is 1. The summed E-state index contributed by atoms with van der Waals surface area (Å²) in [5.74, 6) is 1.63. The first kappa shape index (κ1) is 17.3. The summed E-state index contributed by atoms with van der Waals surface area (Å²) in [6.45, 7) is 9.48. The monoisotopic (exact) mass is 305 g/mol. The summed E-state index contributed by atoms with van der Waals surface area (Å²) in [7, 11) is 0. The maximum atomic E-state index is 10.2. The summed E-state index contributed by atoms with van der Waals surface area (Å²) in [6.07, 6.45) is 4.71. The first-order valence-electron chi connectivity index (χ1n) is 8.60. The van der Waals surface area contributed by atoms with Gasteiger partial charge in [-0.2, -0.15) is 0 Å². The third-order valence-corrected chi connectivity index (χ3v) is 5.02. The van der Waals surface area contributed by atoms with Crippen LogP contribution in [0.25, 0.3) is 0 Å². The van der Waals surface area contributed by atoms with Gasteiger partial charge in [-0.15, -0.1) is 0 Å². The predicted octanol–water partition coefficient (Wildman–Crippen LogP) is 3.52. The summed E-state index contributed by atoms with van der Waals surface area (Å²) in [4.78, 5) is 0. The molecule has 0 radical (unpaired) electrons. The Morgan fingerprint density at radius 1 is 1.18 bits per heavy atom. The minimum absolute atomic E-state index is 0.346. The maximum absolute atomic E-state index is 10.2. The van der Waals surface area contributed by atoms with Crippen molar-refractivity contribution >= 4 is 0 Å². The van der Waals surface area contributed by atoms with E-state index in [1.54, 1.807) is 0 Å². The summed E-state index contributed by atoms with van der Waals surface area (Å²) < 4.78 is 5.89. The molecular formula is C19H31NO2. The molecule has 1 aromatic carbocycles. The molecule has 0 bridgehead atoms. The smallest absolute Gasteiger partial charge is 0.125 e. The van der Waals surface area contributed by atoms with E-state index in [0.717, 1.165) is 11.3 Å². The van der Waals surface area contributed by atoms with Gasteiger partial charge in [-0.1, -0.05) is 31.9 Å². The first-order chi connectivity index (χ1) is 10.5. The van der Waals surface area contributed by atoms with Crippen LogP contribution in [0.15, 0.2) is 12.1 Å². The summed E-state index contributed by atoms with van der Waals surface area (Å²) >= 11 is 0. The molecule has 124 valence electrons. The zero-order chi connectivity index (χ0) is 16.1. The highest BCUT2D eigenvalue weighted by molar-refractivity contribution is 5.44. The Bertz CT molecular complexity index is 487. The third-order valence-electron chi connectivity index (χ3n) is 5.02. The second kappa shape index (κ2) is 7.98. The highest BCUT2D eigenvalue weighted by Gasteiger charge is 2.21. The second-order valence-electron chi connectivity index (χ2n) is 6.89. The van der Waals surface area contributed by atoms with E-state index in [2.05, 4.69) is 45.1 Å². The molecule has 3 unspecified atom stereocenters. The molecule has 1 saturated carbocycles. The van der Waals surface area contributed by atoms with Crippen LogP contribution in [0.1, 0.15) is 49.3 Å². The largest absolute Gasteiger partial charge is 0.490 e. The minimum Gasteiger partial charge on any atom is -0.490 e. The van der Waals surface area contributed by atoms with Crippen LogP contribution >= 0.6 is 0 Å². The Balaban J connectivity index is 1.80. The van der Waals surface area contributed by atoms with Gasteiger partial charge in [0.15, 0.2) is 0 Å². The van der Waals surface area contributed by atoms with E-state index in [4.69, 9.17) is 4.74 Å². The quantitative estimate of drug-likeness (QED) is 0.845. The van der Waals surface area contributed by atoms with Crippen LogP contribution in [-0.4, -0.2) is 30.4 Å². The molecule has 0 aromatic heterocycles. The Morgan fingerprint density at radius 3 is 2.59 bits per heavy atom. The maximum Gasteiger partial charge on any atom is 0.125 e. The third kappa shape index (κ3) is 4.47. The summed E-state index contributed by atoms with van der Waals surface area (Å²) in [5, 5.41) is 13.7. The van der Waals surface area contributed by atoms with Gasteiger partial charge in [-0.3, -0.25) is 0 Å². The van der Waals surface area contributed by atoms with Gasteiger partial charge in [-0.05, 0) is 56.2 Å². The molecule has 3 nitrogen and oxygen atoms in total. The molecule has 1 aliphatic carbocycles. The van der Waals surface area contributed by atoms with Crippen LogP contribution in [0.3, 0.4) is 0 Å². The van der Waals surface area contributed by atoms with Gasteiger partial charge < -0.3 is 15.2 Å². The molecule has 2 N–H and O–H groups in total. The van der Waals surface area contributed by atoms with E-state index in [-0.39, 0.29) is 0 Å². The standard InChI is InChI=1S/C19H31NO2/c1-13-9-10-15(3)19(16(13)4)22-12-17(21)11-20-18-8-6-5-7-14(18)2/h9-10,14,17-18,20-21H,5-8,11-12H2,1-4H3. The van der Waals surface area contributed by atoms with Gasteiger partial charge in [0.25, 0.3) is 0 Å². The number of hydrogen-bond donors (Lipinski definition) is 2. The molecule has 0 spiro atoms. The van der Waals surface area contributed by atoms with Gasteiger partial charge >= 0.3 is 0 Å². The van der Waals surface area contributed by atoms with Crippen molar-refractivity contribution in [2.24, 2.45) is 5.92 Å². The number of benzene rings is 1. The van der Waals surface area contributed by atoms with E-state index >= 15 is 0 Å². The molecule has 0 amide bonds. The van der Waals surface area contributed by atoms with Crippen molar-refractivity contribution in [3.8, 4) is 5.75 Å². The highest BCUT2D eigenvalue weighted by atomic mass is 16.5. The Hall–Kier alpha value is -1.06. The molecule has 0 heterocycles. The number of aryl methyl sites for hydroxylation is 2. The van der Waals surface area contributed by atoms with Crippen LogP contribution in [0.4, 0.5) is 0 Å². The van der Waals surface area contributed by atoms with Gasteiger partial charge in [0.2, 0.25) is 0 Å². The molecule has 1 aliphatic rings. The van der Waals surface area contributed by atoms with E-state index in [1.165, 1.54) is 36.8 Å². The molecule has 0 saturated heterocycles. The van der Waals surface area contributed by atoms with E-state index in [9.17, 15) is 5.11 Å². The van der Waals surface area contributed by atoms with Crippen molar-refractivity contribution < 1.29 is 9.84 Å². The second-order valence-corrected chi connectivity index (χ2v) is 6.89. The molecule has 0 aliphatic heterocycles. The van der Waals surface area contributed by atoms with Gasteiger partial charge in [0, 0.05) is 12.6 Å². The van der Waals surface area contributed by atoms with Crippen molar-refractivity contribution in [1.82, 2.24) is 5.32 Å². The zero-order valence-electron chi connectivity index (χ0n) is 14.5. The molecule has 3 atom stereocenters. The fraction of sp³-hybridized carbons (Fsp3) is 0.684. The molecule has 22 heavy (non-hydrogen) atoms. The van der Waals surface area contributed by atoms with Crippen LogP contribution in [0.2, 0.25) is 0 Å². The Kier molecular flexibility index (Phi) is 6.27. The zero-order valence-corrected chi connectivity index (χ0v) is 14.5. The Morgan fingerprint density at radius 2 is 1.86 bits per heavy atom. The lowest BCUT2D eigenvalue weighted by molar-refractivity contribution is 0.0978. The summed E-state index contributed by atoms with van der Waals surface area (Å²) in [6, 6.07) is 4.73. The lowest BCUT2D eigenvalue weighted by Gasteiger charge is -2.30. The van der Waals surface area contributed by atoms with Gasteiger partial charge in [0.05, 0.1) is 0 Å². The van der Waals surface area contributed by atoms with Crippen molar-refractivity contribution in [3.05, 3.63) is 28.8 Å². The molecule has 1 aromatic rings. The predicted molar refractivity (Wildman–Crippen MR) is 91.6 cm³/mol. The number of ether oxygens (including phenoxy) is 1. The number of hydrogen-bond acceptors (Lipinski definition) is 3. The average molecular weight is 305 g/mol. The van der Waals surface area contributed by atoms with Crippen LogP contribution in [0, 0.1) is 26.7 Å². The lowest BCUT2D eigenvalue weighted by atomic mass is 9.86. The van der Waals surface area contributed by atoms with Crippen molar-refractivity contribution in [1.29, 1.82) is 0 Å². The van der Waals surface area contributed by atoms with Gasteiger partial charge in [-0.25, -0.2) is 0 Å². The van der Waals surface area contributed by atoms with Crippen molar-refractivity contribution in [2.75, 3.05) is 13.2 Å². The molecule has 3 heteroatoms. The average Bonchev–Trinajstić information content (AvgIpc) is 2.50. The SMILES string of the molecule is Cc1ccc(C)c(OCC(O)CNC2CCCCC2C)c1C. The first-order valence-corrected chi connectivity index (χ1v) is 8.60. The van der Waals surface area contributed by atoms with Gasteiger partial charge in [0.1, 0.15) is 18.5 Å². The van der Waals surface area contributed by atoms with Crippen molar-refractivity contribution in [2.45, 2.75) is 65.5 Å². The van der Waals surface area contributed by atoms with E-state index in [1.807, 2.05) is 0 Å². The normalized spacial score (nSPS) is 23.3. The van der Waals surface area contributed by atoms with E-state index < -0.39 is 6.10 Å². The topological polar surface area (TPSA) is 41.5 Å². The number of nitrogens with one attached hydrogen (secondary N) is 1. The number of rotatable bonds is 6. The minimum atomic E-state index is -0.464.